The molecular weight excluding hydrogens is 373 g/mol. The van der Waals surface area contributed by atoms with Gasteiger partial charge in [-0.3, -0.25) is 0 Å². The highest BCUT2D eigenvalue weighted by molar-refractivity contribution is 7.71. The van der Waals surface area contributed by atoms with Crippen LogP contribution in [0.3, 0.4) is 0 Å². The Bertz CT molecular complexity index is 974. The largest absolute Gasteiger partial charge is 0.416 e. The van der Waals surface area contributed by atoms with Gasteiger partial charge in [0.25, 0.3) is 0 Å². The normalized spacial score (nSPS) is 12.0. The predicted molar refractivity (Wildman–Crippen MR) is 92.3 cm³/mol. The first-order valence-corrected chi connectivity index (χ1v) is 7.78. The average Bonchev–Trinajstić information content (AvgIpc) is 2.93. The van der Waals surface area contributed by atoms with Crippen LogP contribution in [0.2, 0.25) is 5.02 Å². The molecule has 1 heterocycles. The minimum Gasteiger partial charge on any atom is -0.250 e. The summed E-state index contributed by atoms with van der Waals surface area (Å²) in [4.78, 5) is 0. The fourth-order valence-corrected chi connectivity index (χ4v) is 2.47. The Hall–Kier alpha value is -2.45. The summed E-state index contributed by atoms with van der Waals surface area (Å²) in [5, 5.41) is 11.5. The SMILES string of the molecule is FC(F)(F)c1ccc(C=Nn2c(-c3cccc(Cl)c3)n[nH]c2=S)cc1. The predicted octanol–water partition coefficient (Wildman–Crippen LogP) is 5.16. The van der Waals surface area contributed by atoms with Crippen LogP contribution in [0.1, 0.15) is 11.1 Å². The first kappa shape index (κ1) is 17.4. The number of alkyl halides is 3. The van der Waals surface area contributed by atoms with Gasteiger partial charge in [-0.2, -0.15) is 28.0 Å². The van der Waals surface area contributed by atoms with Crippen molar-refractivity contribution in [1.82, 2.24) is 14.9 Å². The summed E-state index contributed by atoms with van der Waals surface area (Å²) in [6.07, 6.45) is -2.97. The lowest BCUT2D eigenvalue weighted by molar-refractivity contribution is -0.137. The van der Waals surface area contributed by atoms with Crippen LogP contribution in [0.25, 0.3) is 11.4 Å². The molecule has 1 aromatic heterocycles. The number of nitrogens with zero attached hydrogens (tertiary/aromatic N) is 3. The standard InChI is InChI=1S/C16H10ClF3N4S/c17-13-3-1-2-11(8-13)14-22-23-15(25)24(14)21-9-10-4-6-12(7-5-10)16(18,19)20/h1-9H,(H,23,25). The lowest BCUT2D eigenvalue weighted by Crippen LogP contribution is -2.04. The van der Waals surface area contributed by atoms with Crippen LogP contribution in [0.4, 0.5) is 13.2 Å². The molecule has 0 spiro atoms. The van der Waals surface area contributed by atoms with Crippen molar-refractivity contribution in [2.45, 2.75) is 6.18 Å². The maximum absolute atomic E-state index is 12.6. The lowest BCUT2D eigenvalue weighted by Gasteiger charge is -2.06. The van der Waals surface area contributed by atoms with Gasteiger partial charge >= 0.3 is 6.18 Å². The molecule has 0 fully saturated rings. The molecule has 0 amide bonds. The van der Waals surface area contributed by atoms with Crippen LogP contribution in [0.5, 0.6) is 0 Å². The van der Waals surface area contributed by atoms with Crippen LogP contribution < -0.4 is 0 Å². The third kappa shape index (κ3) is 3.97. The van der Waals surface area contributed by atoms with Crippen molar-refractivity contribution in [3.05, 3.63) is 69.5 Å². The average molecular weight is 383 g/mol. The Morgan fingerprint density at radius 1 is 1.16 bits per heavy atom. The number of H-pyrrole nitrogens is 1. The number of hydrogen-bond donors (Lipinski definition) is 1. The van der Waals surface area contributed by atoms with E-state index in [9.17, 15) is 13.2 Å². The molecule has 25 heavy (non-hydrogen) atoms. The fourth-order valence-electron chi connectivity index (χ4n) is 2.10. The summed E-state index contributed by atoms with van der Waals surface area (Å²) in [5.74, 6) is 0.440. The van der Waals surface area contributed by atoms with Gasteiger partial charge in [0.05, 0.1) is 11.8 Å². The van der Waals surface area contributed by atoms with Gasteiger partial charge in [0.15, 0.2) is 5.82 Å². The summed E-state index contributed by atoms with van der Waals surface area (Å²) < 4.78 is 39.4. The smallest absolute Gasteiger partial charge is 0.250 e. The molecule has 9 heteroatoms. The van der Waals surface area contributed by atoms with Gasteiger partial charge in [-0.15, -0.1) is 0 Å². The zero-order valence-corrected chi connectivity index (χ0v) is 14.0. The van der Waals surface area contributed by atoms with Crippen LogP contribution >= 0.6 is 23.8 Å². The maximum Gasteiger partial charge on any atom is 0.416 e. The van der Waals surface area contributed by atoms with E-state index in [0.29, 0.717) is 22.0 Å². The van der Waals surface area contributed by atoms with Crippen molar-refractivity contribution < 1.29 is 13.2 Å². The van der Waals surface area contributed by atoms with Crippen LogP contribution in [-0.2, 0) is 6.18 Å². The molecule has 0 saturated heterocycles. The van der Waals surface area contributed by atoms with Crippen LogP contribution in [0.15, 0.2) is 53.6 Å². The van der Waals surface area contributed by atoms with E-state index in [2.05, 4.69) is 15.3 Å². The second-order valence-corrected chi connectivity index (χ2v) is 5.86. The molecule has 3 rings (SSSR count). The van der Waals surface area contributed by atoms with Crippen molar-refractivity contribution in [2.75, 3.05) is 0 Å². The number of nitrogens with one attached hydrogen (secondary N) is 1. The number of halogens is 4. The molecule has 3 aromatic rings. The van der Waals surface area contributed by atoms with E-state index in [1.54, 1.807) is 24.3 Å². The monoisotopic (exact) mass is 382 g/mol. The molecule has 0 radical (unpaired) electrons. The summed E-state index contributed by atoms with van der Waals surface area (Å²) in [6, 6.07) is 11.6. The molecule has 0 atom stereocenters. The number of aromatic nitrogens is 3. The Morgan fingerprint density at radius 3 is 2.52 bits per heavy atom. The molecule has 0 aliphatic heterocycles. The van der Waals surface area contributed by atoms with E-state index in [-0.39, 0.29) is 4.77 Å². The summed E-state index contributed by atoms with van der Waals surface area (Å²) in [5.41, 5.74) is 0.474. The quantitative estimate of drug-likeness (QED) is 0.502. The van der Waals surface area contributed by atoms with Crippen molar-refractivity contribution in [3.63, 3.8) is 0 Å². The number of rotatable bonds is 3. The molecule has 1 N–H and O–H groups in total. The first-order chi connectivity index (χ1) is 11.8. The zero-order chi connectivity index (χ0) is 18.0. The molecule has 0 aliphatic rings. The summed E-state index contributed by atoms with van der Waals surface area (Å²) >= 11 is 11.1. The van der Waals surface area contributed by atoms with Gasteiger partial charge in [0.2, 0.25) is 4.77 Å². The fraction of sp³-hybridized carbons (Fsp3) is 0.0625. The van der Waals surface area contributed by atoms with E-state index >= 15 is 0 Å². The van der Waals surface area contributed by atoms with Gasteiger partial charge in [-0.05, 0) is 42.0 Å². The van der Waals surface area contributed by atoms with E-state index in [0.717, 1.165) is 12.1 Å². The highest BCUT2D eigenvalue weighted by atomic mass is 35.5. The number of aromatic amines is 1. The molecule has 2 aromatic carbocycles. The molecule has 0 unspecified atom stereocenters. The van der Waals surface area contributed by atoms with E-state index in [4.69, 9.17) is 23.8 Å². The maximum atomic E-state index is 12.6. The van der Waals surface area contributed by atoms with Gasteiger partial charge in [-0.1, -0.05) is 35.9 Å². The molecule has 128 valence electrons. The Balaban J connectivity index is 1.92. The topological polar surface area (TPSA) is 46.0 Å². The lowest BCUT2D eigenvalue weighted by atomic mass is 10.1. The van der Waals surface area contributed by atoms with E-state index in [1.165, 1.54) is 23.0 Å². The van der Waals surface area contributed by atoms with Crippen LogP contribution in [0, 0.1) is 4.77 Å². The highest BCUT2D eigenvalue weighted by Crippen LogP contribution is 2.29. The summed E-state index contributed by atoms with van der Waals surface area (Å²) in [7, 11) is 0. The van der Waals surface area contributed by atoms with Crippen molar-refractivity contribution in [2.24, 2.45) is 5.10 Å². The van der Waals surface area contributed by atoms with Crippen molar-refractivity contribution in [1.29, 1.82) is 0 Å². The first-order valence-electron chi connectivity index (χ1n) is 6.99. The van der Waals surface area contributed by atoms with Gasteiger partial charge in [0.1, 0.15) is 0 Å². The third-order valence-corrected chi connectivity index (χ3v) is 3.79. The van der Waals surface area contributed by atoms with Crippen molar-refractivity contribution >= 4 is 30.0 Å². The Morgan fingerprint density at radius 2 is 1.88 bits per heavy atom. The second kappa shape index (κ2) is 6.81. The minimum atomic E-state index is -4.37. The highest BCUT2D eigenvalue weighted by Gasteiger charge is 2.29. The van der Waals surface area contributed by atoms with E-state index < -0.39 is 11.7 Å². The van der Waals surface area contributed by atoms with Gasteiger partial charge < -0.3 is 0 Å². The van der Waals surface area contributed by atoms with E-state index in [1.807, 2.05) is 0 Å². The van der Waals surface area contributed by atoms with Crippen molar-refractivity contribution in [3.8, 4) is 11.4 Å². The molecule has 0 aliphatic carbocycles. The molecule has 4 nitrogen and oxygen atoms in total. The molecular formula is C16H10ClF3N4S. The van der Waals surface area contributed by atoms with Crippen LogP contribution in [-0.4, -0.2) is 21.1 Å². The van der Waals surface area contributed by atoms with Gasteiger partial charge in [0, 0.05) is 10.6 Å². The minimum absolute atomic E-state index is 0.248. The second-order valence-electron chi connectivity index (χ2n) is 5.04. The number of hydrogen-bond acceptors (Lipinski definition) is 3. The summed E-state index contributed by atoms with van der Waals surface area (Å²) in [6.45, 7) is 0. The third-order valence-electron chi connectivity index (χ3n) is 3.29. The molecule has 0 bridgehead atoms. The zero-order valence-electron chi connectivity index (χ0n) is 12.5. The number of benzene rings is 2. The molecule has 0 saturated carbocycles. The Labute approximate surface area is 150 Å². The van der Waals surface area contributed by atoms with Gasteiger partial charge in [-0.25, -0.2) is 5.10 Å². The Kier molecular flexibility index (Phi) is 4.73.